The van der Waals surface area contributed by atoms with Crippen LogP contribution in [0.1, 0.15) is 39.1 Å². The molecule has 0 aliphatic carbocycles. The van der Waals surface area contributed by atoms with E-state index in [0.717, 1.165) is 0 Å². The molecule has 0 unspecified atom stereocenters. The van der Waals surface area contributed by atoms with Gasteiger partial charge in [0.2, 0.25) is 0 Å². The van der Waals surface area contributed by atoms with Gasteiger partial charge in [-0.3, -0.25) is 4.79 Å². The van der Waals surface area contributed by atoms with Crippen LogP contribution in [0.4, 0.5) is 0 Å². The van der Waals surface area contributed by atoms with E-state index in [1.165, 1.54) is 18.2 Å². The van der Waals surface area contributed by atoms with Gasteiger partial charge in [0.25, 0.3) is 0 Å². The molecule has 6 nitrogen and oxygen atoms in total. The summed E-state index contributed by atoms with van der Waals surface area (Å²) in [6, 6.07) is 3.71. The van der Waals surface area contributed by atoms with Crippen molar-refractivity contribution >= 4 is 17.9 Å². The Hall–Kier alpha value is -2.37. The second-order valence-electron chi connectivity index (χ2n) is 3.73. The van der Waals surface area contributed by atoms with Gasteiger partial charge in [0, 0.05) is 6.42 Å². The third kappa shape index (κ3) is 3.58. The van der Waals surface area contributed by atoms with E-state index in [0.29, 0.717) is 5.56 Å². The summed E-state index contributed by atoms with van der Waals surface area (Å²) in [7, 11) is 0. The standard InChI is InChI=1S/C12H12O6/c13-10(14)3-1-2-7-6-8(11(15)16)4-5-9(7)12(17)18/h4-6H,1-3H2,(H,13,14)(H,15,16)(H,17,18). The van der Waals surface area contributed by atoms with Gasteiger partial charge in [0.05, 0.1) is 11.1 Å². The SMILES string of the molecule is O=C(O)CCCc1cc(C(=O)O)ccc1C(=O)O. The maximum atomic E-state index is 10.9. The Morgan fingerprint density at radius 1 is 1.00 bits per heavy atom. The zero-order valence-corrected chi connectivity index (χ0v) is 9.42. The van der Waals surface area contributed by atoms with Gasteiger partial charge in [0.15, 0.2) is 0 Å². The van der Waals surface area contributed by atoms with Crippen molar-refractivity contribution in [2.24, 2.45) is 0 Å². The summed E-state index contributed by atoms with van der Waals surface area (Å²) in [4.78, 5) is 32.1. The van der Waals surface area contributed by atoms with Crippen LogP contribution in [0.15, 0.2) is 18.2 Å². The van der Waals surface area contributed by atoms with Gasteiger partial charge in [-0.25, -0.2) is 9.59 Å². The second-order valence-corrected chi connectivity index (χ2v) is 3.73. The van der Waals surface area contributed by atoms with E-state index in [-0.39, 0.29) is 30.4 Å². The van der Waals surface area contributed by atoms with Gasteiger partial charge in [-0.05, 0) is 36.6 Å². The van der Waals surface area contributed by atoms with Crippen molar-refractivity contribution in [2.45, 2.75) is 19.3 Å². The molecule has 0 saturated carbocycles. The normalized spacial score (nSPS) is 10.0. The Morgan fingerprint density at radius 2 is 1.67 bits per heavy atom. The van der Waals surface area contributed by atoms with Gasteiger partial charge in [-0.15, -0.1) is 0 Å². The summed E-state index contributed by atoms with van der Waals surface area (Å²) in [6.07, 6.45) is 0.393. The number of aryl methyl sites for hydroxylation is 1. The van der Waals surface area contributed by atoms with E-state index < -0.39 is 17.9 Å². The lowest BCUT2D eigenvalue weighted by Crippen LogP contribution is -2.06. The summed E-state index contributed by atoms with van der Waals surface area (Å²) in [5, 5.41) is 26.3. The molecule has 0 atom stereocenters. The lowest BCUT2D eigenvalue weighted by atomic mass is 9.99. The predicted octanol–water partition coefficient (Wildman–Crippen LogP) is 1.49. The van der Waals surface area contributed by atoms with Gasteiger partial charge < -0.3 is 15.3 Å². The number of carbonyl (C=O) groups is 3. The molecular formula is C12H12O6. The highest BCUT2D eigenvalue weighted by molar-refractivity contribution is 5.93. The maximum absolute atomic E-state index is 10.9. The largest absolute Gasteiger partial charge is 0.481 e. The molecule has 18 heavy (non-hydrogen) atoms. The number of rotatable bonds is 6. The fraction of sp³-hybridized carbons (Fsp3) is 0.250. The Labute approximate surface area is 102 Å². The van der Waals surface area contributed by atoms with Crippen molar-refractivity contribution in [1.29, 1.82) is 0 Å². The minimum atomic E-state index is -1.16. The number of hydrogen-bond acceptors (Lipinski definition) is 3. The fourth-order valence-electron chi connectivity index (χ4n) is 1.57. The lowest BCUT2D eigenvalue weighted by Gasteiger charge is -2.06. The Bertz CT molecular complexity index is 491. The summed E-state index contributed by atoms with van der Waals surface area (Å²) in [5.74, 6) is -3.27. The first-order valence-corrected chi connectivity index (χ1v) is 5.23. The molecule has 1 aromatic carbocycles. The third-order valence-electron chi connectivity index (χ3n) is 2.42. The Balaban J connectivity index is 2.96. The van der Waals surface area contributed by atoms with Crippen LogP contribution >= 0.6 is 0 Å². The third-order valence-corrected chi connectivity index (χ3v) is 2.42. The number of benzene rings is 1. The van der Waals surface area contributed by atoms with Crippen molar-refractivity contribution in [3.8, 4) is 0 Å². The van der Waals surface area contributed by atoms with E-state index in [9.17, 15) is 14.4 Å². The number of carboxylic acid groups (broad SMARTS) is 3. The highest BCUT2D eigenvalue weighted by Crippen LogP contribution is 2.15. The zero-order valence-electron chi connectivity index (χ0n) is 9.42. The average Bonchev–Trinajstić information content (AvgIpc) is 2.27. The first-order chi connectivity index (χ1) is 8.41. The molecule has 0 aliphatic heterocycles. The van der Waals surface area contributed by atoms with Crippen LogP contribution < -0.4 is 0 Å². The molecule has 3 N–H and O–H groups in total. The highest BCUT2D eigenvalue weighted by Gasteiger charge is 2.13. The highest BCUT2D eigenvalue weighted by atomic mass is 16.4. The maximum Gasteiger partial charge on any atom is 0.335 e. The van der Waals surface area contributed by atoms with Crippen molar-refractivity contribution in [3.63, 3.8) is 0 Å². The number of aliphatic carboxylic acids is 1. The summed E-state index contributed by atoms with van der Waals surface area (Å²) >= 11 is 0. The Kier molecular flexibility index (Phi) is 4.42. The topological polar surface area (TPSA) is 112 Å². The molecule has 6 heteroatoms. The van der Waals surface area contributed by atoms with Gasteiger partial charge in [0.1, 0.15) is 0 Å². The van der Waals surface area contributed by atoms with Crippen LogP contribution in [0.25, 0.3) is 0 Å². The van der Waals surface area contributed by atoms with E-state index in [4.69, 9.17) is 15.3 Å². The monoisotopic (exact) mass is 252 g/mol. The summed E-state index contributed by atoms with van der Waals surface area (Å²) in [6.45, 7) is 0. The van der Waals surface area contributed by atoms with Gasteiger partial charge in [-0.2, -0.15) is 0 Å². The average molecular weight is 252 g/mol. The van der Waals surface area contributed by atoms with Crippen LogP contribution in [-0.2, 0) is 11.2 Å². The zero-order chi connectivity index (χ0) is 13.7. The van der Waals surface area contributed by atoms with E-state index >= 15 is 0 Å². The minimum absolute atomic E-state index is 0.00499. The molecule has 0 bridgehead atoms. The quantitative estimate of drug-likeness (QED) is 0.707. The second kappa shape index (κ2) is 5.81. The van der Waals surface area contributed by atoms with Gasteiger partial charge in [-0.1, -0.05) is 0 Å². The first kappa shape index (κ1) is 13.7. The van der Waals surface area contributed by atoms with Crippen molar-refractivity contribution < 1.29 is 29.7 Å². The van der Waals surface area contributed by atoms with E-state index in [1.54, 1.807) is 0 Å². The van der Waals surface area contributed by atoms with Crippen LogP contribution in [0, 0.1) is 0 Å². The summed E-state index contributed by atoms with van der Waals surface area (Å²) in [5.41, 5.74) is 0.333. The molecule has 0 saturated heterocycles. The van der Waals surface area contributed by atoms with Crippen LogP contribution in [0.3, 0.4) is 0 Å². The molecule has 0 fully saturated rings. The van der Waals surface area contributed by atoms with Crippen LogP contribution in [0.5, 0.6) is 0 Å². The summed E-state index contributed by atoms with van der Waals surface area (Å²) < 4.78 is 0. The molecular weight excluding hydrogens is 240 g/mol. The Morgan fingerprint density at radius 3 is 2.17 bits per heavy atom. The molecule has 96 valence electrons. The minimum Gasteiger partial charge on any atom is -0.481 e. The molecule has 1 aromatic rings. The first-order valence-electron chi connectivity index (χ1n) is 5.23. The predicted molar refractivity (Wildman–Crippen MR) is 60.9 cm³/mol. The molecule has 0 aliphatic rings. The van der Waals surface area contributed by atoms with Crippen molar-refractivity contribution in [2.75, 3.05) is 0 Å². The number of aromatic carboxylic acids is 2. The number of carboxylic acids is 3. The molecule has 0 aromatic heterocycles. The molecule has 0 spiro atoms. The van der Waals surface area contributed by atoms with Crippen LogP contribution in [-0.4, -0.2) is 33.2 Å². The van der Waals surface area contributed by atoms with Gasteiger partial charge >= 0.3 is 17.9 Å². The fourth-order valence-corrected chi connectivity index (χ4v) is 1.57. The van der Waals surface area contributed by atoms with Crippen LogP contribution in [0.2, 0.25) is 0 Å². The molecule has 1 rings (SSSR count). The van der Waals surface area contributed by atoms with E-state index in [2.05, 4.69) is 0 Å². The smallest absolute Gasteiger partial charge is 0.335 e. The molecule has 0 amide bonds. The number of hydrogen-bond donors (Lipinski definition) is 3. The van der Waals surface area contributed by atoms with Crippen molar-refractivity contribution in [1.82, 2.24) is 0 Å². The van der Waals surface area contributed by atoms with E-state index in [1.807, 2.05) is 0 Å². The molecule has 0 radical (unpaired) electrons. The van der Waals surface area contributed by atoms with Crippen molar-refractivity contribution in [3.05, 3.63) is 34.9 Å². The lowest BCUT2D eigenvalue weighted by molar-refractivity contribution is -0.137. The molecule has 0 heterocycles.